The molecule has 64 valence electrons. The summed E-state index contributed by atoms with van der Waals surface area (Å²) in [5.74, 6) is 0.665. The second-order valence-electron chi connectivity index (χ2n) is 2.73. The summed E-state index contributed by atoms with van der Waals surface area (Å²) >= 11 is 0. The Morgan fingerprint density at radius 3 is 3.25 bits per heavy atom. The van der Waals surface area contributed by atoms with E-state index < -0.39 is 0 Å². The number of oxazole rings is 1. The van der Waals surface area contributed by atoms with Crippen LogP contribution in [0.1, 0.15) is 11.4 Å². The molecule has 0 spiro atoms. The molecule has 0 aliphatic heterocycles. The third-order valence-corrected chi connectivity index (χ3v) is 1.91. The molecule has 2 aromatic rings. The van der Waals surface area contributed by atoms with Gasteiger partial charge in [-0.15, -0.1) is 0 Å². The Bertz CT molecular complexity index is 388. The number of nitrogens with one attached hydrogen (secondary N) is 1. The highest BCUT2D eigenvalue weighted by Gasteiger charge is 2.08. The van der Waals surface area contributed by atoms with Crippen LogP contribution in [0.4, 0.5) is 0 Å². The molecular weight excluding hydrogens is 154 g/mol. The van der Waals surface area contributed by atoms with Gasteiger partial charge in [-0.25, -0.2) is 0 Å². The average molecular weight is 165 g/mol. The highest BCUT2D eigenvalue weighted by Crippen LogP contribution is 2.11. The SMILES string of the molecule is CNCc1c(C)nc2occn12. The standard InChI is InChI=1S/C8H11N3O/c1-6-7(5-9-2)11-3-4-12-8(11)10-6/h3-4,9H,5H2,1-2H3. The number of imidazole rings is 1. The summed E-state index contributed by atoms with van der Waals surface area (Å²) in [5.41, 5.74) is 2.17. The summed E-state index contributed by atoms with van der Waals surface area (Å²) in [6, 6.07) is 0. The molecule has 12 heavy (non-hydrogen) atoms. The minimum atomic E-state index is 0.665. The largest absolute Gasteiger partial charge is 0.432 e. The van der Waals surface area contributed by atoms with Crippen molar-refractivity contribution in [1.29, 1.82) is 0 Å². The minimum Gasteiger partial charge on any atom is -0.432 e. The summed E-state index contributed by atoms with van der Waals surface area (Å²) in [4.78, 5) is 4.25. The van der Waals surface area contributed by atoms with E-state index in [1.807, 2.05) is 24.6 Å². The van der Waals surface area contributed by atoms with Gasteiger partial charge in [0.1, 0.15) is 6.26 Å². The average Bonchev–Trinajstić information content (AvgIpc) is 2.56. The van der Waals surface area contributed by atoms with Gasteiger partial charge in [0.2, 0.25) is 0 Å². The fourth-order valence-electron chi connectivity index (χ4n) is 1.32. The molecular formula is C8H11N3O. The molecule has 0 aliphatic rings. The van der Waals surface area contributed by atoms with E-state index in [1.54, 1.807) is 6.26 Å². The first-order valence-electron chi connectivity index (χ1n) is 3.88. The summed E-state index contributed by atoms with van der Waals surface area (Å²) in [6.07, 6.45) is 3.52. The van der Waals surface area contributed by atoms with Gasteiger partial charge in [0.25, 0.3) is 0 Å². The van der Waals surface area contributed by atoms with Crippen molar-refractivity contribution in [3.63, 3.8) is 0 Å². The maximum atomic E-state index is 5.15. The van der Waals surface area contributed by atoms with E-state index in [9.17, 15) is 0 Å². The Balaban J connectivity index is 2.59. The van der Waals surface area contributed by atoms with Crippen LogP contribution in [-0.2, 0) is 6.54 Å². The van der Waals surface area contributed by atoms with E-state index in [0.29, 0.717) is 5.84 Å². The van der Waals surface area contributed by atoms with Crippen LogP contribution >= 0.6 is 0 Å². The van der Waals surface area contributed by atoms with Gasteiger partial charge in [-0.3, -0.25) is 4.40 Å². The molecule has 2 rings (SSSR count). The molecule has 0 fully saturated rings. The summed E-state index contributed by atoms with van der Waals surface area (Å²) in [5, 5.41) is 3.09. The lowest BCUT2D eigenvalue weighted by Gasteiger charge is -1.97. The van der Waals surface area contributed by atoms with Gasteiger partial charge in [0, 0.05) is 12.7 Å². The maximum absolute atomic E-state index is 5.15. The first-order chi connectivity index (χ1) is 5.83. The van der Waals surface area contributed by atoms with Crippen LogP contribution in [0.15, 0.2) is 16.9 Å². The van der Waals surface area contributed by atoms with Crippen LogP contribution in [0.2, 0.25) is 0 Å². The number of aromatic nitrogens is 2. The predicted molar refractivity (Wildman–Crippen MR) is 45.0 cm³/mol. The van der Waals surface area contributed by atoms with Crippen molar-refractivity contribution in [2.45, 2.75) is 13.5 Å². The molecule has 0 bridgehead atoms. The Hall–Kier alpha value is -1.29. The number of aryl methyl sites for hydroxylation is 1. The first kappa shape index (κ1) is 7.36. The van der Waals surface area contributed by atoms with Crippen molar-refractivity contribution in [2.24, 2.45) is 0 Å². The van der Waals surface area contributed by atoms with E-state index in [-0.39, 0.29) is 0 Å². The van der Waals surface area contributed by atoms with Crippen LogP contribution in [0, 0.1) is 6.92 Å². The second-order valence-corrected chi connectivity index (χ2v) is 2.73. The smallest absolute Gasteiger partial charge is 0.306 e. The molecule has 2 heterocycles. The van der Waals surface area contributed by atoms with Crippen LogP contribution in [-0.4, -0.2) is 16.4 Å². The number of fused-ring (bicyclic) bond motifs is 1. The molecule has 4 nitrogen and oxygen atoms in total. The second kappa shape index (κ2) is 2.64. The molecule has 0 atom stereocenters. The molecule has 2 aromatic heterocycles. The number of hydrogen-bond donors (Lipinski definition) is 1. The number of hydrogen-bond acceptors (Lipinski definition) is 3. The lowest BCUT2D eigenvalue weighted by molar-refractivity contribution is 0.594. The highest BCUT2D eigenvalue weighted by molar-refractivity contribution is 5.31. The predicted octanol–water partition coefficient (Wildman–Crippen LogP) is 0.955. The van der Waals surface area contributed by atoms with Gasteiger partial charge in [-0.1, -0.05) is 0 Å². The van der Waals surface area contributed by atoms with Crippen LogP contribution in [0.25, 0.3) is 5.84 Å². The lowest BCUT2D eigenvalue weighted by atomic mass is 10.3. The van der Waals surface area contributed by atoms with E-state index in [2.05, 4.69) is 10.3 Å². The zero-order valence-corrected chi connectivity index (χ0v) is 7.16. The maximum Gasteiger partial charge on any atom is 0.306 e. The quantitative estimate of drug-likeness (QED) is 0.720. The first-order valence-corrected chi connectivity index (χ1v) is 3.88. The highest BCUT2D eigenvalue weighted by atomic mass is 16.3. The molecule has 0 saturated heterocycles. The van der Waals surface area contributed by atoms with Crippen molar-refractivity contribution >= 4 is 5.84 Å². The van der Waals surface area contributed by atoms with Crippen molar-refractivity contribution in [3.05, 3.63) is 23.8 Å². The zero-order chi connectivity index (χ0) is 8.55. The van der Waals surface area contributed by atoms with Crippen molar-refractivity contribution < 1.29 is 4.42 Å². The van der Waals surface area contributed by atoms with Crippen LogP contribution in [0.5, 0.6) is 0 Å². The van der Waals surface area contributed by atoms with Gasteiger partial charge in [-0.05, 0) is 14.0 Å². The van der Waals surface area contributed by atoms with Crippen molar-refractivity contribution in [2.75, 3.05) is 7.05 Å². The van der Waals surface area contributed by atoms with E-state index in [0.717, 1.165) is 17.9 Å². The van der Waals surface area contributed by atoms with E-state index in [4.69, 9.17) is 4.42 Å². The van der Waals surface area contributed by atoms with Gasteiger partial charge in [0.05, 0.1) is 11.4 Å². The summed E-state index contributed by atoms with van der Waals surface area (Å²) < 4.78 is 7.10. The van der Waals surface area contributed by atoms with Gasteiger partial charge in [-0.2, -0.15) is 4.98 Å². The molecule has 0 unspecified atom stereocenters. The van der Waals surface area contributed by atoms with E-state index in [1.165, 1.54) is 0 Å². The fourth-order valence-corrected chi connectivity index (χ4v) is 1.32. The monoisotopic (exact) mass is 165 g/mol. The molecule has 4 heteroatoms. The topological polar surface area (TPSA) is 42.5 Å². The number of rotatable bonds is 2. The molecule has 0 radical (unpaired) electrons. The van der Waals surface area contributed by atoms with Gasteiger partial charge in [0.15, 0.2) is 0 Å². The Morgan fingerprint density at radius 1 is 1.67 bits per heavy atom. The third kappa shape index (κ3) is 0.921. The molecule has 1 N–H and O–H groups in total. The van der Waals surface area contributed by atoms with Crippen LogP contribution in [0.3, 0.4) is 0 Å². The molecule has 0 aromatic carbocycles. The normalized spacial score (nSPS) is 11.2. The van der Waals surface area contributed by atoms with Crippen LogP contribution < -0.4 is 5.32 Å². The lowest BCUT2D eigenvalue weighted by Crippen LogP contribution is -2.08. The fraction of sp³-hybridized carbons (Fsp3) is 0.375. The molecule has 0 aliphatic carbocycles. The summed E-state index contributed by atoms with van der Waals surface area (Å²) in [7, 11) is 1.92. The number of nitrogens with zero attached hydrogens (tertiary/aromatic N) is 2. The molecule has 0 saturated carbocycles. The van der Waals surface area contributed by atoms with Gasteiger partial charge < -0.3 is 9.73 Å². The van der Waals surface area contributed by atoms with E-state index >= 15 is 0 Å². The minimum absolute atomic E-state index is 0.665. The van der Waals surface area contributed by atoms with Gasteiger partial charge >= 0.3 is 5.84 Å². The Kier molecular flexibility index (Phi) is 1.62. The Morgan fingerprint density at radius 2 is 2.50 bits per heavy atom. The van der Waals surface area contributed by atoms with Crippen molar-refractivity contribution in [1.82, 2.24) is 14.7 Å². The van der Waals surface area contributed by atoms with Crippen molar-refractivity contribution in [3.8, 4) is 0 Å². The third-order valence-electron chi connectivity index (χ3n) is 1.91. The Labute approximate surface area is 70.2 Å². The zero-order valence-electron chi connectivity index (χ0n) is 7.16. The molecule has 0 amide bonds. The summed E-state index contributed by atoms with van der Waals surface area (Å²) in [6.45, 7) is 2.79.